The number of sulfonamides is 1. The fourth-order valence-corrected chi connectivity index (χ4v) is 3.64. The lowest BCUT2D eigenvalue weighted by molar-refractivity contribution is -0.122. The summed E-state index contributed by atoms with van der Waals surface area (Å²) in [5.41, 5.74) is 1.45. The van der Waals surface area contributed by atoms with Crippen molar-refractivity contribution >= 4 is 27.3 Å². The van der Waals surface area contributed by atoms with Crippen LogP contribution in [0, 0.1) is 6.92 Å². The van der Waals surface area contributed by atoms with Crippen molar-refractivity contribution in [1.82, 2.24) is 0 Å². The van der Waals surface area contributed by atoms with E-state index in [-0.39, 0.29) is 10.8 Å². The minimum absolute atomic E-state index is 0.214. The van der Waals surface area contributed by atoms with E-state index in [0.29, 0.717) is 22.7 Å². The number of carbonyl (C=O) groups is 1. The Labute approximate surface area is 134 Å². The minimum atomic E-state index is -3.70. The highest BCUT2D eigenvalue weighted by Crippen LogP contribution is 2.33. The van der Waals surface area contributed by atoms with Gasteiger partial charge in [-0.3, -0.25) is 9.52 Å². The molecule has 6 nitrogen and oxygen atoms in total. The molecule has 0 saturated carbocycles. The maximum Gasteiger partial charge on any atom is 0.265 e. The molecule has 0 radical (unpaired) electrons. The molecule has 1 atom stereocenters. The molecule has 1 unspecified atom stereocenters. The summed E-state index contributed by atoms with van der Waals surface area (Å²) >= 11 is 0. The Morgan fingerprint density at radius 2 is 1.91 bits per heavy atom. The van der Waals surface area contributed by atoms with Crippen LogP contribution in [0.1, 0.15) is 12.5 Å². The van der Waals surface area contributed by atoms with Gasteiger partial charge in [-0.1, -0.05) is 18.2 Å². The van der Waals surface area contributed by atoms with Gasteiger partial charge in [0.25, 0.3) is 15.9 Å². The van der Waals surface area contributed by atoms with Gasteiger partial charge in [-0.05, 0) is 43.7 Å². The SMILES string of the molecule is Cc1ccccc1S(=O)(=O)Nc1ccc2c(c1)NC(=O)C(C)O2. The van der Waals surface area contributed by atoms with E-state index in [4.69, 9.17) is 4.74 Å². The van der Waals surface area contributed by atoms with Crippen LogP contribution >= 0.6 is 0 Å². The molecule has 120 valence electrons. The first-order valence-electron chi connectivity index (χ1n) is 7.07. The molecule has 2 N–H and O–H groups in total. The van der Waals surface area contributed by atoms with E-state index < -0.39 is 16.1 Å². The highest BCUT2D eigenvalue weighted by atomic mass is 32.2. The number of fused-ring (bicyclic) bond motifs is 1. The van der Waals surface area contributed by atoms with Gasteiger partial charge in [0.1, 0.15) is 5.75 Å². The molecule has 1 aliphatic heterocycles. The number of hydrogen-bond donors (Lipinski definition) is 2. The first-order chi connectivity index (χ1) is 10.9. The largest absolute Gasteiger partial charge is 0.479 e. The lowest BCUT2D eigenvalue weighted by Gasteiger charge is -2.23. The van der Waals surface area contributed by atoms with Crippen LogP contribution in [0.4, 0.5) is 11.4 Å². The van der Waals surface area contributed by atoms with Crippen molar-refractivity contribution < 1.29 is 17.9 Å². The van der Waals surface area contributed by atoms with E-state index in [2.05, 4.69) is 10.0 Å². The molecular formula is C16H16N2O4S. The van der Waals surface area contributed by atoms with Gasteiger partial charge in [-0.2, -0.15) is 0 Å². The van der Waals surface area contributed by atoms with Gasteiger partial charge in [0.05, 0.1) is 16.3 Å². The predicted octanol–water partition coefficient (Wildman–Crippen LogP) is 2.52. The quantitative estimate of drug-likeness (QED) is 0.904. The molecule has 1 aliphatic rings. The van der Waals surface area contributed by atoms with Crippen LogP contribution in [0.25, 0.3) is 0 Å². The molecule has 1 heterocycles. The summed E-state index contributed by atoms with van der Waals surface area (Å²) in [5, 5.41) is 2.69. The molecule has 0 aliphatic carbocycles. The van der Waals surface area contributed by atoms with Crippen LogP contribution in [0.2, 0.25) is 0 Å². The average molecular weight is 332 g/mol. The second kappa shape index (κ2) is 5.58. The highest BCUT2D eigenvalue weighted by Gasteiger charge is 2.24. The Kier molecular flexibility index (Phi) is 3.73. The molecule has 0 aromatic heterocycles. The van der Waals surface area contributed by atoms with Crippen molar-refractivity contribution in [2.75, 3.05) is 10.0 Å². The summed E-state index contributed by atoms with van der Waals surface area (Å²) in [6.45, 7) is 3.38. The van der Waals surface area contributed by atoms with Crippen molar-refractivity contribution in [2.24, 2.45) is 0 Å². The minimum Gasteiger partial charge on any atom is -0.479 e. The summed E-state index contributed by atoms with van der Waals surface area (Å²) in [6, 6.07) is 11.5. The third-order valence-corrected chi connectivity index (χ3v) is 5.09. The van der Waals surface area contributed by atoms with Crippen LogP contribution in [-0.4, -0.2) is 20.4 Å². The maximum atomic E-state index is 12.5. The van der Waals surface area contributed by atoms with Crippen LogP contribution < -0.4 is 14.8 Å². The molecule has 0 bridgehead atoms. The van der Waals surface area contributed by atoms with Gasteiger partial charge in [0.15, 0.2) is 6.10 Å². The number of ether oxygens (including phenoxy) is 1. The Hall–Kier alpha value is -2.54. The maximum absolute atomic E-state index is 12.5. The van der Waals surface area contributed by atoms with Gasteiger partial charge < -0.3 is 10.1 Å². The number of anilines is 2. The molecule has 23 heavy (non-hydrogen) atoms. The van der Waals surface area contributed by atoms with E-state index in [1.807, 2.05) is 0 Å². The molecular weight excluding hydrogens is 316 g/mol. The number of aryl methyl sites for hydroxylation is 1. The van der Waals surface area contributed by atoms with E-state index in [0.717, 1.165) is 0 Å². The number of hydrogen-bond acceptors (Lipinski definition) is 4. The number of carbonyl (C=O) groups excluding carboxylic acids is 1. The van der Waals surface area contributed by atoms with Crippen LogP contribution in [-0.2, 0) is 14.8 Å². The molecule has 2 aromatic carbocycles. The van der Waals surface area contributed by atoms with Crippen molar-refractivity contribution in [1.29, 1.82) is 0 Å². The fourth-order valence-electron chi connectivity index (χ4n) is 2.34. The van der Waals surface area contributed by atoms with Crippen molar-refractivity contribution in [2.45, 2.75) is 24.8 Å². The molecule has 3 rings (SSSR count). The second-order valence-corrected chi connectivity index (χ2v) is 6.98. The van der Waals surface area contributed by atoms with Gasteiger partial charge in [-0.15, -0.1) is 0 Å². The lowest BCUT2D eigenvalue weighted by Crippen LogP contribution is -2.34. The molecule has 7 heteroatoms. The third-order valence-electron chi connectivity index (χ3n) is 3.55. The van der Waals surface area contributed by atoms with E-state index >= 15 is 0 Å². The normalized spacial score (nSPS) is 17.0. The summed E-state index contributed by atoms with van der Waals surface area (Å²) in [4.78, 5) is 11.9. The zero-order valence-electron chi connectivity index (χ0n) is 12.7. The Morgan fingerprint density at radius 3 is 2.65 bits per heavy atom. The summed E-state index contributed by atoms with van der Waals surface area (Å²) in [7, 11) is -3.70. The molecule has 1 amide bonds. The topological polar surface area (TPSA) is 84.5 Å². The Morgan fingerprint density at radius 1 is 1.17 bits per heavy atom. The zero-order chi connectivity index (χ0) is 16.6. The predicted molar refractivity (Wildman–Crippen MR) is 87.1 cm³/mol. The number of rotatable bonds is 3. The molecule has 0 fully saturated rings. The standard InChI is InChI=1S/C16H16N2O4S/c1-10-5-3-4-6-15(10)23(20,21)18-12-7-8-14-13(9-12)17-16(19)11(2)22-14/h3-9,11,18H,1-2H3,(H,17,19). The first kappa shape index (κ1) is 15.4. The Bertz CT molecular complexity index is 877. The fraction of sp³-hybridized carbons (Fsp3) is 0.188. The van der Waals surface area contributed by atoms with Gasteiger partial charge >= 0.3 is 0 Å². The van der Waals surface area contributed by atoms with Gasteiger partial charge in [-0.25, -0.2) is 8.42 Å². The average Bonchev–Trinajstić information content (AvgIpc) is 2.48. The highest BCUT2D eigenvalue weighted by molar-refractivity contribution is 7.92. The lowest BCUT2D eigenvalue weighted by atomic mass is 10.2. The monoisotopic (exact) mass is 332 g/mol. The van der Waals surface area contributed by atoms with E-state index in [1.54, 1.807) is 50.2 Å². The number of nitrogens with one attached hydrogen (secondary N) is 2. The van der Waals surface area contributed by atoms with Crippen LogP contribution in [0.5, 0.6) is 5.75 Å². The summed E-state index contributed by atoms with van der Waals surface area (Å²) < 4.78 is 32.9. The smallest absolute Gasteiger partial charge is 0.265 e. The van der Waals surface area contributed by atoms with Crippen molar-refractivity contribution in [3.8, 4) is 5.75 Å². The summed E-state index contributed by atoms with van der Waals surface area (Å²) in [5.74, 6) is 0.243. The number of benzene rings is 2. The van der Waals surface area contributed by atoms with Crippen LogP contribution in [0.15, 0.2) is 47.4 Å². The van der Waals surface area contributed by atoms with Crippen molar-refractivity contribution in [3.63, 3.8) is 0 Å². The first-order valence-corrected chi connectivity index (χ1v) is 8.55. The summed E-state index contributed by atoms with van der Waals surface area (Å²) in [6.07, 6.45) is -0.572. The van der Waals surface area contributed by atoms with Crippen molar-refractivity contribution in [3.05, 3.63) is 48.0 Å². The Balaban J connectivity index is 1.91. The van der Waals surface area contributed by atoms with E-state index in [9.17, 15) is 13.2 Å². The molecule has 0 saturated heterocycles. The molecule has 2 aromatic rings. The number of amides is 1. The van der Waals surface area contributed by atoms with Gasteiger partial charge in [0, 0.05) is 0 Å². The second-order valence-electron chi connectivity index (χ2n) is 5.33. The zero-order valence-corrected chi connectivity index (χ0v) is 13.5. The third kappa shape index (κ3) is 3.00. The van der Waals surface area contributed by atoms with Gasteiger partial charge in [0.2, 0.25) is 0 Å². The van der Waals surface area contributed by atoms with E-state index in [1.165, 1.54) is 6.07 Å². The molecule has 0 spiro atoms. The van der Waals surface area contributed by atoms with Crippen LogP contribution in [0.3, 0.4) is 0 Å².